The molecule has 1 rings (SSSR count). The van der Waals surface area contributed by atoms with Crippen LogP contribution in [0, 0.1) is 5.41 Å². The van der Waals surface area contributed by atoms with Gasteiger partial charge >= 0.3 is 5.82 Å². The minimum Gasteiger partial charge on any atom is -0.365 e. The third-order valence-electron chi connectivity index (χ3n) is 0.512. The van der Waals surface area contributed by atoms with E-state index < -0.39 is 11.8 Å². The summed E-state index contributed by atoms with van der Waals surface area (Å²) < 4.78 is 8.05. The van der Waals surface area contributed by atoms with E-state index in [-0.39, 0.29) is 0 Å². The van der Waals surface area contributed by atoms with Gasteiger partial charge in [0.05, 0.1) is 0 Å². The Morgan fingerprint density at radius 3 is 2.38 bits per heavy atom. The summed E-state index contributed by atoms with van der Waals surface area (Å²) in [6.07, 6.45) is 0. The largest absolute Gasteiger partial charge is 0.564 e. The van der Waals surface area contributed by atoms with Crippen molar-refractivity contribution in [3.63, 3.8) is 0 Å². The van der Waals surface area contributed by atoms with E-state index in [0.29, 0.717) is 4.91 Å². The van der Waals surface area contributed by atoms with Gasteiger partial charge in [0.2, 0.25) is 0 Å². The maximum absolute atomic E-state index is 9.78. The molecule has 0 aliphatic heterocycles. The molecule has 0 aromatic carbocycles. The molecule has 0 saturated carbocycles. The molecule has 0 amide bonds. The zero-order chi connectivity index (χ0) is 6.15. The molecule has 0 unspecified atom stereocenters. The normalized spacial score (nSPS) is 9.50. The summed E-state index contributed by atoms with van der Waals surface area (Å²) in [5.41, 5.74) is 4.77. The number of nitrogen functional groups attached to an aromatic ring is 1. The van der Waals surface area contributed by atoms with E-state index >= 15 is 0 Å². The Morgan fingerprint density at radius 2 is 2.25 bits per heavy atom. The number of nitrogens with zero attached hydrogens (tertiary/aromatic N) is 1. The van der Waals surface area contributed by atoms with Gasteiger partial charge in [-0.15, -0.1) is 0 Å². The van der Waals surface area contributed by atoms with E-state index in [2.05, 4.69) is 9.05 Å². The second-order valence-corrected chi connectivity index (χ2v) is 1.07. The van der Waals surface area contributed by atoms with Gasteiger partial charge in [0.15, 0.2) is 0 Å². The minimum atomic E-state index is -0.847. The Morgan fingerprint density at radius 1 is 1.75 bits per heavy atom. The molecule has 6 nitrogen and oxygen atoms in total. The second-order valence-electron chi connectivity index (χ2n) is 1.07. The smallest absolute Gasteiger partial charge is 0.365 e. The van der Waals surface area contributed by atoms with Gasteiger partial charge in [0.1, 0.15) is 0 Å². The average Bonchev–Trinajstić information content (AvgIpc) is 1.57. The molecule has 0 spiro atoms. The highest BCUT2D eigenvalue weighted by molar-refractivity contribution is 5.73. The van der Waals surface area contributed by atoms with Crippen LogP contribution < -0.4 is 11.6 Å². The highest BCUT2D eigenvalue weighted by Crippen LogP contribution is 1.75. The molecule has 1 aromatic rings. The molecule has 44 valence electrons. The molecule has 8 heavy (non-hydrogen) atoms. The van der Waals surface area contributed by atoms with E-state index in [0.717, 1.165) is 0 Å². The summed E-state index contributed by atoms with van der Waals surface area (Å²) in [7, 11) is 0. The quantitative estimate of drug-likeness (QED) is 0.328. The van der Waals surface area contributed by atoms with Crippen LogP contribution in [0.4, 0.5) is 0 Å². The molecule has 0 aliphatic rings. The third kappa shape index (κ3) is 0.512. The van der Waals surface area contributed by atoms with Crippen molar-refractivity contribution in [1.29, 1.82) is 5.41 Å². The molecule has 1 aromatic heterocycles. The molecule has 3 N–H and O–H groups in total. The highest BCUT2D eigenvalue weighted by Gasteiger charge is 2.02. The molecule has 0 fully saturated rings. The van der Waals surface area contributed by atoms with Crippen LogP contribution in [0.25, 0.3) is 0 Å². The van der Waals surface area contributed by atoms with Crippen LogP contribution in [0.2, 0.25) is 0 Å². The van der Waals surface area contributed by atoms with Crippen LogP contribution in [0.1, 0.15) is 0 Å². The number of hydrogen-bond donors (Lipinski definition) is 2. The Bertz CT molecular complexity index is 224. The molecule has 0 bridgehead atoms. The van der Waals surface area contributed by atoms with Crippen LogP contribution in [0.5, 0.6) is 0 Å². The minimum absolute atomic E-state index is 0.454. The van der Waals surface area contributed by atoms with Crippen molar-refractivity contribution in [3.05, 3.63) is 10.6 Å². The molecule has 6 heteroatoms. The van der Waals surface area contributed by atoms with Crippen molar-refractivity contribution in [3.8, 4) is 0 Å². The molecule has 1 heterocycles. The Labute approximate surface area is 42.9 Å². The Kier molecular flexibility index (Phi) is 0.736. The first-order valence-electron chi connectivity index (χ1n) is 1.74. The van der Waals surface area contributed by atoms with Crippen molar-refractivity contribution in [2.45, 2.75) is 0 Å². The lowest BCUT2D eigenvalue weighted by Crippen LogP contribution is -2.28. The van der Waals surface area contributed by atoms with Gasteiger partial charge in [-0.05, 0) is 0 Å². The lowest BCUT2D eigenvalue weighted by Gasteiger charge is -1.96. The van der Waals surface area contributed by atoms with Crippen LogP contribution >= 0.6 is 0 Å². The fraction of sp³-hybridized carbons (Fsp3) is 0. The first-order valence-corrected chi connectivity index (χ1v) is 1.74. The van der Waals surface area contributed by atoms with Crippen LogP contribution in [0.15, 0.2) is 13.8 Å². The number of hydrogen-bond acceptors (Lipinski definition) is 4. The van der Waals surface area contributed by atoms with Crippen LogP contribution in [-0.4, -0.2) is 10.9 Å². The van der Waals surface area contributed by atoms with Crippen molar-refractivity contribution < 1.29 is 9.05 Å². The number of nitrogens with two attached hydrogens (primary N) is 1. The molecule has 0 saturated heterocycles. The van der Waals surface area contributed by atoms with Gasteiger partial charge < -0.3 is 5.73 Å². The average molecular weight is 117 g/mol. The van der Waals surface area contributed by atoms with E-state index in [1.165, 1.54) is 0 Å². The summed E-state index contributed by atoms with van der Waals surface area (Å²) in [4.78, 5) is 10.3. The standard InChI is InChI=1S/C2H3N3O3/c3-1(4)5-7-2(6)8-5/h(H3,3,4). The molecular weight excluding hydrogens is 114 g/mol. The fourth-order valence-electron chi connectivity index (χ4n) is 0.241. The summed E-state index contributed by atoms with van der Waals surface area (Å²) in [6, 6.07) is 0. The zero-order valence-corrected chi connectivity index (χ0v) is 3.75. The first-order chi connectivity index (χ1) is 3.70. The highest BCUT2D eigenvalue weighted by atomic mass is 16.8. The maximum Gasteiger partial charge on any atom is 0.564 e. The number of rotatable bonds is 0. The van der Waals surface area contributed by atoms with Crippen molar-refractivity contribution in [1.82, 2.24) is 4.91 Å². The SMILES string of the molecule is N=C(N)n1oc(=O)o1. The van der Waals surface area contributed by atoms with Crippen LogP contribution in [-0.2, 0) is 0 Å². The van der Waals surface area contributed by atoms with Crippen molar-refractivity contribution in [2.75, 3.05) is 0 Å². The van der Waals surface area contributed by atoms with E-state index in [1.807, 2.05) is 0 Å². The fourth-order valence-corrected chi connectivity index (χ4v) is 0.241. The summed E-state index contributed by atoms with van der Waals surface area (Å²) in [5.74, 6) is -1.30. The maximum atomic E-state index is 9.78. The van der Waals surface area contributed by atoms with Crippen LogP contribution in [0.3, 0.4) is 0 Å². The summed E-state index contributed by atoms with van der Waals surface area (Å²) in [6.45, 7) is 0. The van der Waals surface area contributed by atoms with Gasteiger partial charge in [-0.2, -0.15) is 4.79 Å². The topological polar surface area (TPSA) is 98.1 Å². The Balaban J connectivity index is 2.88. The molecule has 0 atom stereocenters. The predicted molar refractivity (Wildman–Crippen MR) is 22.5 cm³/mol. The van der Waals surface area contributed by atoms with Gasteiger partial charge in [0, 0.05) is 4.91 Å². The van der Waals surface area contributed by atoms with E-state index in [9.17, 15) is 4.79 Å². The molecule has 0 radical (unpaired) electrons. The molecule has 0 aliphatic carbocycles. The van der Waals surface area contributed by atoms with Gasteiger partial charge in [0.25, 0.3) is 5.96 Å². The Hall–Kier alpha value is -1.46. The monoisotopic (exact) mass is 117 g/mol. The molecular formula is C2H3N3O3. The third-order valence-corrected chi connectivity index (χ3v) is 0.512. The van der Waals surface area contributed by atoms with Crippen molar-refractivity contribution >= 4 is 5.96 Å². The van der Waals surface area contributed by atoms with E-state index in [1.54, 1.807) is 0 Å². The summed E-state index contributed by atoms with van der Waals surface area (Å²) in [5, 5.41) is 6.54. The predicted octanol–water partition coefficient (Wildman–Crippen LogP) is -1.22. The number of nitrogens with one attached hydrogen (secondary N) is 1. The summed E-state index contributed by atoms with van der Waals surface area (Å²) >= 11 is 0. The van der Waals surface area contributed by atoms with Gasteiger partial charge in [-0.3, -0.25) is 14.5 Å². The lowest BCUT2D eigenvalue weighted by atomic mass is 11.1. The van der Waals surface area contributed by atoms with Crippen molar-refractivity contribution in [2.24, 2.45) is 5.73 Å². The van der Waals surface area contributed by atoms with Gasteiger partial charge in [-0.1, -0.05) is 0 Å². The van der Waals surface area contributed by atoms with Gasteiger partial charge in [-0.25, -0.2) is 0 Å². The zero-order valence-electron chi connectivity index (χ0n) is 3.75. The van der Waals surface area contributed by atoms with E-state index in [4.69, 9.17) is 11.1 Å². The number of aromatic nitrogens is 1. The lowest BCUT2D eigenvalue weighted by molar-refractivity contribution is -0.0288. The first kappa shape index (κ1) is 4.69. The second kappa shape index (κ2) is 1.25.